The molecule has 7 nitrogen and oxygen atoms in total. The van der Waals surface area contributed by atoms with Gasteiger partial charge >= 0.3 is 6.18 Å². The van der Waals surface area contributed by atoms with Gasteiger partial charge in [0.2, 0.25) is 0 Å². The highest BCUT2D eigenvalue weighted by Crippen LogP contribution is 2.38. The van der Waals surface area contributed by atoms with Crippen molar-refractivity contribution in [2.24, 2.45) is 5.92 Å². The first-order valence-electron chi connectivity index (χ1n) is 14.5. The Morgan fingerprint density at radius 2 is 1.77 bits per heavy atom. The van der Waals surface area contributed by atoms with Crippen LogP contribution in [0.4, 0.5) is 24.5 Å². The number of nitro benzene ring substituents is 1. The molecule has 40 heavy (non-hydrogen) atoms. The number of nitrogens with one attached hydrogen (secondary N) is 1. The van der Waals surface area contributed by atoms with Gasteiger partial charge in [0.25, 0.3) is 5.69 Å². The molecule has 1 aliphatic carbocycles. The van der Waals surface area contributed by atoms with Crippen LogP contribution in [-0.4, -0.2) is 46.6 Å². The van der Waals surface area contributed by atoms with E-state index in [-0.39, 0.29) is 17.8 Å². The van der Waals surface area contributed by atoms with E-state index in [0.29, 0.717) is 5.92 Å². The van der Waals surface area contributed by atoms with Gasteiger partial charge in [-0.25, -0.2) is 0 Å². The fraction of sp³-hybridized carbons (Fsp3) is 0.633. The van der Waals surface area contributed by atoms with E-state index in [9.17, 15) is 23.3 Å². The van der Waals surface area contributed by atoms with Crippen LogP contribution >= 0.6 is 0 Å². The number of alkyl halides is 3. The monoisotopic (exact) mass is 564 g/mol. The maximum atomic E-state index is 13.3. The van der Waals surface area contributed by atoms with Gasteiger partial charge in [-0.3, -0.25) is 15.1 Å². The van der Waals surface area contributed by atoms with Crippen molar-refractivity contribution in [1.29, 1.82) is 0 Å². The molecule has 3 rings (SSSR count). The third-order valence-electron chi connectivity index (χ3n) is 7.55. The lowest BCUT2D eigenvalue weighted by molar-refractivity contribution is -0.388. The number of nitro groups is 1. The molecule has 1 fully saturated rings. The van der Waals surface area contributed by atoms with Gasteiger partial charge in [-0.15, -0.1) is 0 Å². The maximum absolute atomic E-state index is 13.3. The summed E-state index contributed by atoms with van der Waals surface area (Å²) >= 11 is 0. The number of hydrogen-bond acceptors (Lipinski definition) is 6. The molecule has 1 heterocycles. The van der Waals surface area contributed by atoms with Crippen LogP contribution in [0.25, 0.3) is 0 Å². The molecule has 1 aliphatic rings. The quantitative estimate of drug-likeness (QED) is 0.175. The van der Waals surface area contributed by atoms with Gasteiger partial charge in [-0.1, -0.05) is 20.8 Å². The van der Waals surface area contributed by atoms with Crippen LogP contribution in [0, 0.1) is 16.0 Å². The molecular formula is C30H43F3N4O3. The lowest BCUT2D eigenvalue weighted by Gasteiger charge is -2.30. The predicted octanol–water partition coefficient (Wildman–Crippen LogP) is 7.89. The van der Waals surface area contributed by atoms with Crippen molar-refractivity contribution in [1.82, 2.24) is 9.88 Å². The molecule has 1 saturated carbocycles. The zero-order valence-corrected chi connectivity index (χ0v) is 23.9. The number of aryl methyl sites for hydroxylation is 1. The van der Waals surface area contributed by atoms with Crippen molar-refractivity contribution in [3.05, 3.63) is 57.9 Å². The summed E-state index contributed by atoms with van der Waals surface area (Å²) in [4.78, 5) is 17.1. The van der Waals surface area contributed by atoms with E-state index in [4.69, 9.17) is 4.74 Å². The second-order valence-electron chi connectivity index (χ2n) is 11.0. The Balaban J connectivity index is 1.45. The summed E-state index contributed by atoms with van der Waals surface area (Å²) in [6, 6.07) is 6.94. The molecule has 0 bridgehead atoms. The van der Waals surface area contributed by atoms with Crippen LogP contribution in [0.2, 0.25) is 0 Å². The van der Waals surface area contributed by atoms with Crippen molar-refractivity contribution in [3.63, 3.8) is 0 Å². The summed E-state index contributed by atoms with van der Waals surface area (Å²) in [7, 11) is 0. The zero-order valence-electron chi connectivity index (χ0n) is 23.9. The van der Waals surface area contributed by atoms with Crippen LogP contribution in [0.15, 0.2) is 36.5 Å². The number of benzene rings is 1. The molecule has 0 saturated heterocycles. The lowest BCUT2D eigenvalue weighted by Crippen LogP contribution is -2.31. The van der Waals surface area contributed by atoms with Crippen LogP contribution in [-0.2, 0) is 12.6 Å². The molecule has 0 aliphatic heterocycles. The molecule has 1 atom stereocenters. The topological polar surface area (TPSA) is 80.5 Å². The highest BCUT2D eigenvalue weighted by atomic mass is 19.4. The summed E-state index contributed by atoms with van der Waals surface area (Å²) in [5.74, 6) is 1.42. The number of rotatable bonds is 15. The normalized spacial score (nSPS) is 18.5. The SMILES string of the molecule is CCCN(CCC)CCC(C)CCc1cc(O[C@H]2CC[C@H](Nc3ccc([N+](=O)[O-])c(C(F)(F)F)c3)CC2)ccn1. The Morgan fingerprint density at radius 1 is 1.07 bits per heavy atom. The van der Waals surface area contributed by atoms with Gasteiger partial charge in [0.1, 0.15) is 11.3 Å². The van der Waals surface area contributed by atoms with E-state index in [2.05, 4.69) is 36.0 Å². The van der Waals surface area contributed by atoms with Gasteiger partial charge < -0.3 is 15.0 Å². The van der Waals surface area contributed by atoms with Gasteiger partial charge in [0, 0.05) is 35.8 Å². The summed E-state index contributed by atoms with van der Waals surface area (Å²) in [5.41, 5.74) is -0.916. The first-order valence-corrected chi connectivity index (χ1v) is 14.5. The molecule has 1 aromatic carbocycles. The molecule has 10 heteroatoms. The van der Waals surface area contributed by atoms with Crippen molar-refractivity contribution >= 4 is 11.4 Å². The molecule has 1 unspecified atom stereocenters. The average molecular weight is 565 g/mol. The van der Waals surface area contributed by atoms with Crippen molar-refractivity contribution < 1.29 is 22.8 Å². The second-order valence-corrected chi connectivity index (χ2v) is 11.0. The van der Waals surface area contributed by atoms with Crippen molar-refractivity contribution in [2.45, 2.75) is 96.9 Å². The summed E-state index contributed by atoms with van der Waals surface area (Å²) in [5, 5.41) is 14.1. The Kier molecular flexibility index (Phi) is 12.0. The fourth-order valence-corrected chi connectivity index (χ4v) is 5.34. The Morgan fingerprint density at radius 3 is 2.40 bits per heavy atom. The summed E-state index contributed by atoms with van der Waals surface area (Å²) in [6.07, 6.45) is 5.55. The van der Waals surface area contributed by atoms with E-state index in [1.807, 2.05) is 12.1 Å². The Labute approximate surface area is 235 Å². The van der Waals surface area contributed by atoms with Crippen molar-refractivity contribution in [3.8, 4) is 5.75 Å². The number of anilines is 1. The van der Waals surface area contributed by atoms with E-state index >= 15 is 0 Å². The van der Waals surface area contributed by atoms with Crippen molar-refractivity contribution in [2.75, 3.05) is 25.0 Å². The smallest absolute Gasteiger partial charge is 0.423 e. The number of halogens is 3. The van der Waals surface area contributed by atoms with Gasteiger partial charge in [0.15, 0.2) is 0 Å². The fourth-order valence-electron chi connectivity index (χ4n) is 5.34. The number of aromatic nitrogens is 1. The molecule has 1 N–H and O–H groups in total. The molecule has 2 aromatic rings. The third kappa shape index (κ3) is 9.94. The van der Waals surface area contributed by atoms with Crippen LogP contribution in [0.1, 0.15) is 83.4 Å². The maximum Gasteiger partial charge on any atom is 0.423 e. The molecular weight excluding hydrogens is 521 g/mol. The number of nitrogens with zero attached hydrogens (tertiary/aromatic N) is 3. The average Bonchev–Trinajstić information content (AvgIpc) is 2.91. The van der Waals surface area contributed by atoms with E-state index in [1.54, 1.807) is 6.20 Å². The van der Waals surface area contributed by atoms with Gasteiger partial charge in [-0.2, -0.15) is 13.2 Å². The molecule has 1 aromatic heterocycles. The molecule has 0 amide bonds. The van der Waals surface area contributed by atoms with E-state index < -0.39 is 22.4 Å². The highest BCUT2D eigenvalue weighted by Gasteiger charge is 2.38. The second kappa shape index (κ2) is 15.2. The number of hydrogen-bond donors (Lipinski definition) is 1. The molecule has 0 radical (unpaired) electrons. The first kappa shape index (κ1) is 31.6. The number of ether oxygens (including phenoxy) is 1. The van der Waals surface area contributed by atoms with Crippen LogP contribution in [0.3, 0.4) is 0 Å². The first-order chi connectivity index (χ1) is 19.1. The number of pyridine rings is 1. The molecule has 0 spiro atoms. The zero-order chi connectivity index (χ0) is 29.1. The minimum Gasteiger partial charge on any atom is -0.490 e. The Bertz CT molecular complexity index is 1070. The predicted molar refractivity (Wildman–Crippen MR) is 152 cm³/mol. The minimum atomic E-state index is -4.79. The van der Waals surface area contributed by atoms with E-state index in [1.165, 1.54) is 25.3 Å². The largest absolute Gasteiger partial charge is 0.490 e. The van der Waals surface area contributed by atoms with E-state index in [0.717, 1.165) is 81.7 Å². The summed E-state index contributed by atoms with van der Waals surface area (Å²) in [6.45, 7) is 10.2. The Hall–Kier alpha value is -2.88. The minimum absolute atomic E-state index is 0.0255. The molecule has 222 valence electrons. The highest BCUT2D eigenvalue weighted by molar-refractivity contribution is 5.55. The third-order valence-corrected chi connectivity index (χ3v) is 7.55. The lowest BCUT2D eigenvalue weighted by atomic mass is 9.92. The van der Waals surface area contributed by atoms with Crippen LogP contribution < -0.4 is 10.1 Å². The van der Waals surface area contributed by atoms with Gasteiger partial charge in [-0.05, 0) is 102 Å². The standard InChI is InChI=1S/C30H43F3N4O3/c1-4-17-36(18-5-2)19-15-22(3)6-7-24-20-27(14-16-34-24)40-26-11-8-23(9-12-26)35-25-10-13-29(37(38)39)28(21-25)30(31,32)33/h10,13-14,16,20-23,26,35H,4-9,11-12,15,17-19H2,1-3H3/t22?,23-,26-. The summed E-state index contributed by atoms with van der Waals surface area (Å²) < 4.78 is 46.1. The van der Waals surface area contributed by atoms with Crippen LogP contribution in [0.5, 0.6) is 5.75 Å². The van der Waals surface area contributed by atoms with Gasteiger partial charge in [0.05, 0.1) is 11.0 Å².